The number of nitrogen functional groups attached to an aromatic ring is 1. The summed E-state index contributed by atoms with van der Waals surface area (Å²) in [4.78, 5) is 1.01. The van der Waals surface area contributed by atoms with Crippen LogP contribution in [0.3, 0.4) is 0 Å². The fraction of sp³-hybridized carbons (Fsp3) is 0.333. The molecule has 0 aliphatic heterocycles. The van der Waals surface area contributed by atoms with Crippen LogP contribution >= 0.6 is 11.3 Å². The van der Waals surface area contributed by atoms with Gasteiger partial charge in [-0.1, -0.05) is 6.92 Å². The molecule has 0 amide bonds. The smallest absolute Gasteiger partial charge is 0.423 e. The minimum Gasteiger partial charge on any atom is -0.423 e. The SMILES string of the molecule is CCc1sc(B(O)O)cc1N. The molecular formula is C6H10BNO2S. The van der Waals surface area contributed by atoms with Crippen LogP contribution < -0.4 is 10.5 Å². The Bertz CT molecular complexity index is 249. The Balaban J connectivity index is 2.95. The van der Waals surface area contributed by atoms with Crippen LogP contribution in [0.15, 0.2) is 6.07 Å². The lowest BCUT2D eigenvalue weighted by molar-refractivity contribution is 0.427. The molecule has 0 unspecified atom stereocenters. The van der Waals surface area contributed by atoms with E-state index in [2.05, 4.69) is 0 Å². The highest BCUT2D eigenvalue weighted by atomic mass is 32.1. The summed E-state index contributed by atoms with van der Waals surface area (Å²) in [5, 5.41) is 17.5. The molecule has 11 heavy (non-hydrogen) atoms. The highest BCUT2D eigenvalue weighted by molar-refractivity contribution is 7.22. The molecule has 0 spiro atoms. The first-order chi connectivity index (χ1) is 5.15. The summed E-state index contributed by atoms with van der Waals surface area (Å²) >= 11 is 1.34. The van der Waals surface area contributed by atoms with E-state index in [-0.39, 0.29) is 0 Å². The number of hydrogen-bond acceptors (Lipinski definition) is 4. The minimum atomic E-state index is -1.39. The molecule has 0 saturated carbocycles. The average molecular weight is 171 g/mol. The van der Waals surface area contributed by atoms with Gasteiger partial charge in [-0.2, -0.15) is 0 Å². The molecule has 1 rings (SSSR count). The molecule has 0 aromatic carbocycles. The second kappa shape index (κ2) is 3.25. The quantitative estimate of drug-likeness (QED) is 0.529. The summed E-state index contributed by atoms with van der Waals surface area (Å²) in [7, 11) is -1.39. The maximum absolute atomic E-state index is 8.77. The highest BCUT2D eigenvalue weighted by Crippen LogP contribution is 2.17. The maximum atomic E-state index is 8.77. The van der Waals surface area contributed by atoms with Gasteiger partial charge in [0.05, 0.1) is 0 Å². The number of thiophene rings is 1. The number of rotatable bonds is 2. The number of hydrogen-bond donors (Lipinski definition) is 3. The zero-order valence-electron chi connectivity index (χ0n) is 6.24. The first-order valence-corrected chi connectivity index (χ1v) is 4.21. The average Bonchev–Trinajstić information content (AvgIpc) is 2.31. The van der Waals surface area contributed by atoms with Crippen molar-refractivity contribution in [3.8, 4) is 0 Å². The molecule has 0 radical (unpaired) electrons. The molecule has 1 aromatic rings. The molecule has 1 heterocycles. The summed E-state index contributed by atoms with van der Waals surface area (Å²) in [5.41, 5.74) is 6.23. The van der Waals surface area contributed by atoms with Crippen LogP contribution in [0, 0.1) is 0 Å². The van der Waals surface area contributed by atoms with Gasteiger partial charge in [0.1, 0.15) is 0 Å². The Hall–Kier alpha value is -0.515. The van der Waals surface area contributed by atoms with E-state index in [1.165, 1.54) is 11.3 Å². The van der Waals surface area contributed by atoms with E-state index in [9.17, 15) is 0 Å². The molecule has 4 N–H and O–H groups in total. The van der Waals surface area contributed by atoms with Crippen molar-refractivity contribution in [2.45, 2.75) is 13.3 Å². The molecule has 0 bridgehead atoms. The highest BCUT2D eigenvalue weighted by Gasteiger charge is 2.15. The molecule has 0 atom stereocenters. The molecule has 0 saturated heterocycles. The Morgan fingerprint density at radius 1 is 1.64 bits per heavy atom. The zero-order chi connectivity index (χ0) is 8.43. The van der Waals surface area contributed by atoms with Gasteiger partial charge in [-0.25, -0.2) is 0 Å². The third-order valence-electron chi connectivity index (χ3n) is 1.44. The Morgan fingerprint density at radius 2 is 2.27 bits per heavy atom. The van der Waals surface area contributed by atoms with E-state index in [1.54, 1.807) is 6.07 Å². The largest absolute Gasteiger partial charge is 0.499 e. The van der Waals surface area contributed by atoms with Crippen molar-refractivity contribution in [3.05, 3.63) is 10.9 Å². The Kier molecular flexibility index (Phi) is 2.54. The predicted octanol–water partition coefficient (Wildman–Crippen LogP) is -0.428. The second-order valence-electron chi connectivity index (χ2n) is 2.25. The summed E-state index contributed by atoms with van der Waals surface area (Å²) < 4.78 is 0.513. The van der Waals surface area contributed by atoms with Gasteiger partial charge in [0.15, 0.2) is 0 Å². The molecule has 0 aliphatic carbocycles. The lowest BCUT2D eigenvalue weighted by Gasteiger charge is -1.89. The van der Waals surface area contributed by atoms with E-state index in [4.69, 9.17) is 15.8 Å². The molecule has 60 valence electrons. The van der Waals surface area contributed by atoms with Crippen LogP contribution in [0.1, 0.15) is 11.8 Å². The Labute approximate surface area is 69.6 Å². The normalized spacial score (nSPS) is 10.1. The lowest BCUT2D eigenvalue weighted by Crippen LogP contribution is -2.26. The predicted molar refractivity (Wildman–Crippen MR) is 47.9 cm³/mol. The van der Waals surface area contributed by atoms with Crippen molar-refractivity contribution in [1.82, 2.24) is 0 Å². The second-order valence-corrected chi connectivity index (χ2v) is 3.42. The topological polar surface area (TPSA) is 66.5 Å². The van der Waals surface area contributed by atoms with Crippen LogP contribution in [0.25, 0.3) is 0 Å². The maximum Gasteiger partial charge on any atom is 0.499 e. The van der Waals surface area contributed by atoms with Crippen molar-refractivity contribution in [1.29, 1.82) is 0 Å². The molecular weight excluding hydrogens is 161 g/mol. The van der Waals surface area contributed by atoms with Crippen LogP contribution in [0.4, 0.5) is 5.69 Å². The van der Waals surface area contributed by atoms with Crippen LogP contribution in [-0.4, -0.2) is 17.2 Å². The van der Waals surface area contributed by atoms with Crippen molar-refractivity contribution < 1.29 is 10.0 Å². The molecule has 1 aromatic heterocycles. The fourth-order valence-electron chi connectivity index (χ4n) is 0.868. The molecule has 0 fully saturated rings. The van der Waals surface area contributed by atoms with Gasteiger partial charge in [-0.05, 0) is 12.5 Å². The van der Waals surface area contributed by atoms with E-state index < -0.39 is 7.12 Å². The Morgan fingerprint density at radius 3 is 2.55 bits per heavy atom. The van der Waals surface area contributed by atoms with Gasteiger partial charge in [0, 0.05) is 15.3 Å². The third kappa shape index (κ3) is 1.74. The van der Waals surface area contributed by atoms with Gasteiger partial charge in [0.2, 0.25) is 0 Å². The number of aryl methyl sites for hydroxylation is 1. The minimum absolute atomic E-state index is 0.513. The first-order valence-electron chi connectivity index (χ1n) is 3.39. The molecule has 3 nitrogen and oxygen atoms in total. The number of nitrogens with two attached hydrogens (primary N) is 1. The standard InChI is InChI=1S/C6H10BNO2S/c1-2-5-4(8)3-6(11-5)7(9)10/h3,9-10H,2,8H2,1H3. The van der Waals surface area contributed by atoms with E-state index in [0.29, 0.717) is 10.5 Å². The van der Waals surface area contributed by atoms with Crippen molar-refractivity contribution in [2.75, 3.05) is 5.73 Å². The van der Waals surface area contributed by atoms with Crippen LogP contribution in [-0.2, 0) is 6.42 Å². The number of anilines is 1. The van der Waals surface area contributed by atoms with Gasteiger partial charge in [0.25, 0.3) is 0 Å². The lowest BCUT2D eigenvalue weighted by atomic mass is 9.89. The monoisotopic (exact) mass is 171 g/mol. The van der Waals surface area contributed by atoms with E-state index >= 15 is 0 Å². The summed E-state index contributed by atoms with van der Waals surface area (Å²) in [6.07, 6.45) is 0.837. The van der Waals surface area contributed by atoms with Crippen molar-refractivity contribution in [3.63, 3.8) is 0 Å². The molecule has 0 aliphatic rings. The summed E-state index contributed by atoms with van der Waals surface area (Å²) in [6, 6.07) is 1.61. The van der Waals surface area contributed by atoms with E-state index in [0.717, 1.165) is 11.3 Å². The van der Waals surface area contributed by atoms with Crippen LogP contribution in [0.2, 0.25) is 0 Å². The zero-order valence-corrected chi connectivity index (χ0v) is 7.06. The van der Waals surface area contributed by atoms with Gasteiger partial charge < -0.3 is 15.8 Å². The van der Waals surface area contributed by atoms with E-state index in [1.807, 2.05) is 6.92 Å². The van der Waals surface area contributed by atoms with Crippen molar-refractivity contribution in [2.24, 2.45) is 0 Å². The first kappa shape index (κ1) is 8.58. The summed E-state index contributed by atoms with van der Waals surface area (Å²) in [6.45, 7) is 1.98. The van der Waals surface area contributed by atoms with Crippen LogP contribution in [0.5, 0.6) is 0 Å². The van der Waals surface area contributed by atoms with Gasteiger partial charge >= 0.3 is 7.12 Å². The van der Waals surface area contributed by atoms with Gasteiger partial charge in [-0.15, -0.1) is 11.3 Å². The van der Waals surface area contributed by atoms with Gasteiger partial charge in [-0.3, -0.25) is 0 Å². The summed E-state index contributed by atoms with van der Waals surface area (Å²) in [5.74, 6) is 0. The van der Waals surface area contributed by atoms with Crippen molar-refractivity contribution >= 4 is 28.9 Å². The fourth-order valence-corrected chi connectivity index (χ4v) is 1.76. The molecule has 5 heteroatoms. The third-order valence-corrected chi connectivity index (χ3v) is 2.77.